The van der Waals surface area contributed by atoms with Gasteiger partial charge in [0, 0.05) is 29.6 Å². The van der Waals surface area contributed by atoms with E-state index in [1.807, 2.05) is 24.4 Å². The molecule has 0 atom stereocenters. The van der Waals surface area contributed by atoms with Gasteiger partial charge in [0.2, 0.25) is 5.91 Å². The second-order valence-electron chi connectivity index (χ2n) is 5.10. The number of rotatable bonds is 3. The maximum Gasteiger partial charge on any atom is 0.223 e. The summed E-state index contributed by atoms with van der Waals surface area (Å²) in [6.07, 6.45) is 3.87. The number of benzene rings is 1. The van der Waals surface area contributed by atoms with Crippen LogP contribution in [-0.4, -0.2) is 24.0 Å². The van der Waals surface area contributed by atoms with Crippen LogP contribution in [0.25, 0.3) is 10.9 Å². The Bertz CT molecular complexity index is 570. The highest BCUT2D eigenvalue weighted by molar-refractivity contribution is 5.84. The van der Waals surface area contributed by atoms with E-state index in [1.54, 1.807) is 0 Å². The molecule has 1 fully saturated rings. The molecule has 0 radical (unpaired) electrons. The molecule has 1 aliphatic rings. The SMILES string of the molecule is O=C(NCc1c[nH]c2ccccc12)C1CCNCC1. The number of hydrogen-bond donors (Lipinski definition) is 3. The Hall–Kier alpha value is -1.81. The number of fused-ring (bicyclic) bond motifs is 1. The van der Waals surface area contributed by atoms with Gasteiger partial charge in [-0.2, -0.15) is 0 Å². The van der Waals surface area contributed by atoms with E-state index in [1.165, 1.54) is 5.39 Å². The lowest BCUT2D eigenvalue weighted by Crippen LogP contribution is -2.37. The molecule has 4 nitrogen and oxygen atoms in total. The number of para-hydroxylation sites is 1. The quantitative estimate of drug-likeness (QED) is 0.785. The van der Waals surface area contributed by atoms with E-state index in [0.29, 0.717) is 6.54 Å². The van der Waals surface area contributed by atoms with Crippen molar-refractivity contribution in [2.24, 2.45) is 5.92 Å². The summed E-state index contributed by atoms with van der Waals surface area (Å²) >= 11 is 0. The van der Waals surface area contributed by atoms with Crippen LogP contribution >= 0.6 is 0 Å². The van der Waals surface area contributed by atoms with E-state index in [0.717, 1.165) is 37.0 Å². The summed E-state index contributed by atoms with van der Waals surface area (Å²) < 4.78 is 0. The van der Waals surface area contributed by atoms with Gasteiger partial charge in [0.25, 0.3) is 0 Å². The number of piperidine rings is 1. The maximum atomic E-state index is 12.1. The van der Waals surface area contributed by atoms with Gasteiger partial charge in [0.05, 0.1) is 0 Å². The summed E-state index contributed by atoms with van der Waals surface area (Å²) in [5.41, 5.74) is 2.27. The van der Waals surface area contributed by atoms with Crippen molar-refractivity contribution in [3.05, 3.63) is 36.0 Å². The van der Waals surface area contributed by atoms with Crippen LogP contribution in [-0.2, 0) is 11.3 Å². The molecular formula is C15H19N3O. The Morgan fingerprint density at radius 1 is 1.26 bits per heavy atom. The molecule has 0 spiro atoms. The molecule has 0 saturated carbocycles. The fraction of sp³-hybridized carbons (Fsp3) is 0.400. The number of hydrogen-bond acceptors (Lipinski definition) is 2. The van der Waals surface area contributed by atoms with E-state index < -0.39 is 0 Å². The highest BCUT2D eigenvalue weighted by atomic mass is 16.1. The van der Waals surface area contributed by atoms with Crippen molar-refractivity contribution in [1.29, 1.82) is 0 Å². The van der Waals surface area contributed by atoms with Crippen molar-refractivity contribution in [2.75, 3.05) is 13.1 Å². The van der Waals surface area contributed by atoms with E-state index in [9.17, 15) is 4.79 Å². The van der Waals surface area contributed by atoms with Gasteiger partial charge in [0.1, 0.15) is 0 Å². The predicted molar refractivity (Wildman–Crippen MR) is 75.7 cm³/mol. The fourth-order valence-corrected chi connectivity index (χ4v) is 2.69. The first-order valence-corrected chi connectivity index (χ1v) is 6.88. The van der Waals surface area contributed by atoms with Crippen LogP contribution in [0.15, 0.2) is 30.5 Å². The average molecular weight is 257 g/mol. The van der Waals surface area contributed by atoms with Crippen LogP contribution < -0.4 is 10.6 Å². The van der Waals surface area contributed by atoms with Crippen LogP contribution in [0.5, 0.6) is 0 Å². The number of carbonyl (C=O) groups excluding carboxylic acids is 1. The molecule has 100 valence electrons. The van der Waals surface area contributed by atoms with E-state index in [-0.39, 0.29) is 11.8 Å². The Morgan fingerprint density at radius 2 is 2.05 bits per heavy atom. The minimum absolute atomic E-state index is 0.173. The highest BCUT2D eigenvalue weighted by Crippen LogP contribution is 2.18. The average Bonchev–Trinajstić information content (AvgIpc) is 2.89. The molecule has 4 heteroatoms. The fourth-order valence-electron chi connectivity index (χ4n) is 2.69. The summed E-state index contributed by atoms with van der Waals surface area (Å²) in [5.74, 6) is 0.359. The number of aromatic amines is 1. The molecule has 1 amide bonds. The molecule has 0 unspecified atom stereocenters. The first kappa shape index (κ1) is 12.2. The molecule has 2 heterocycles. The van der Waals surface area contributed by atoms with Gasteiger partial charge in [-0.1, -0.05) is 18.2 Å². The summed E-state index contributed by atoms with van der Waals surface area (Å²) in [6, 6.07) is 8.16. The van der Waals surface area contributed by atoms with Gasteiger partial charge in [-0.25, -0.2) is 0 Å². The zero-order chi connectivity index (χ0) is 13.1. The van der Waals surface area contributed by atoms with Crippen LogP contribution in [0.1, 0.15) is 18.4 Å². The molecule has 0 bridgehead atoms. The highest BCUT2D eigenvalue weighted by Gasteiger charge is 2.20. The Labute approximate surface area is 112 Å². The second kappa shape index (κ2) is 5.45. The van der Waals surface area contributed by atoms with Gasteiger partial charge < -0.3 is 15.6 Å². The lowest BCUT2D eigenvalue weighted by atomic mass is 9.97. The minimum atomic E-state index is 0.173. The third-order valence-corrected chi connectivity index (χ3v) is 3.84. The summed E-state index contributed by atoms with van der Waals surface area (Å²) in [7, 11) is 0. The Kier molecular flexibility index (Phi) is 3.51. The molecule has 1 aromatic heterocycles. The van der Waals surface area contributed by atoms with Crippen molar-refractivity contribution in [2.45, 2.75) is 19.4 Å². The minimum Gasteiger partial charge on any atom is -0.361 e. The summed E-state index contributed by atoms with van der Waals surface area (Å²) in [4.78, 5) is 15.3. The van der Waals surface area contributed by atoms with Crippen LogP contribution in [0, 0.1) is 5.92 Å². The zero-order valence-corrected chi connectivity index (χ0v) is 10.9. The molecule has 1 aromatic carbocycles. The second-order valence-corrected chi connectivity index (χ2v) is 5.10. The van der Waals surface area contributed by atoms with Crippen molar-refractivity contribution in [3.8, 4) is 0 Å². The number of amides is 1. The monoisotopic (exact) mass is 257 g/mol. The Morgan fingerprint density at radius 3 is 2.89 bits per heavy atom. The van der Waals surface area contributed by atoms with Crippen molar-refractivity contribution >= 4 is 16.8 Å². The van der Waals surface area contributed by atoms with Crippen molar-refractivity contribution in [1.82, 2.24) is 15.6 Å². The topological polar surface area (TPSA) is 56.9 Å². The molecule has 19 heavy (non-hydrogen) atoms. The molecule has 3 N–H and O–H groups in total. The third kappa shape index (κ3) is 2.63. The molecular weight excluding hydrogens is 238 g/mol. The van der Waals surface area contributed by atoms with Gasteiger partial charge in [-0.3, -0.25) is 4.79 Å². The number of nitrogens with one attached hydrogen (secondary N) is 3. The van der Waals surface area contributed by atoms with E-state index >= 15 is 0 Å². The number of carbonyl (C=O) groups is 1. The molecule has 3 rings (SSSR count). The van der Waals surface area contributed by atoms with Gasteiger partial charge >= 0.3 is 0 Å². The van der Waals surface area contributed by atoms with Crippen LogP contribution in [0.2, 0.25) is 0 Å². The Balaban J connectivity index is 1.64. The van der Waals surface area contributed by atoms with Gasteiger partial charge in [-0.15, -0.1) is 0 Å². The molecule has 0 aliphatic carbocycles. The van der Waals surface area contributed by atoms with Gasteiger partial charge in [0.15, 0.2) is 0 Å². The smallest absolute Gasteiger partial charge is 0.223 e. The van der Waals surface area contributed by atoms with E-state index in [4.69, 9.17) is 0 Å². The zero-order valence-electron chi connectivity index (χ0n) is 10.9. The maximum absolute atomic E-state index is 12.1. The standard InChI is InChI=1S/C15H19N3O/c19-15(11-5-7-16-8-6-11)18-10-12-9-17-14-4-2-1-3-13(12)14/h1-4,9,11,16-17H,5-8,10H2,(H,18,19). The first-order chi connectivity index (χ1) is 9.34. The van der Waals surface area contributed by atoms with Crippen LogP contribution in [0.4, 0.5) is 0 Å². The number of H-pyrrole nitrogens is 1. The van der Waals surface area contributed by atoms with Crippen molar-refractivity contribution in [3.63, 3.8) is 0 Å². The molecule has 2 aromatic rings. The number of aromatic nitrogens is 1. The lowest BCUT2D eigenvalue weighted by Gasteiger charge is -2.21. The molecule has 1 aliphatic heterocycles. The normalized spacial score (nSPS) is 16.6. The van der Waals surface area contributed by atoms with E-state index in [2.05, 4.69) is 21.7 Å². The van der Waals surface area contributed by atoms with Crippen LogP contribution in [0.3, 0.4) is 0 Å². The predicted octanol–water partition coefficient (Wildman–Crippen LogP) is 1.78. The third-order valence-electron chi connectivity index (χ3n) is 3.84. The first-order valence-electron chi connectivity index (χ1n) is 6.88. The lowest BCUT2D eigenvalue weighted by molar-refractivity contribution is -0.125. The molecule has 1 saturated heterocycles. The van der Waals surface area contributed by atoms with Gasteiger partial charge in [-0.05, 0) is 37.6 Å². The summed E-state index contributed by atoms with van der Waals surface area (Å²) in [5, 5.41) is 7.53. The summed E-state index contributed by atoms with van der Waals surface area (Å²) in [6.45, 7) is 2.50. The largest absolute Gasteiger partial charge is 0.361 e. The van der Waals surface area contributed by atoms with Crippen molar-refractivity contribution < 1.29 is 4.79 Å².